The third-order valence-electron chi connectivity index (χ3n) is 5.20. The van der Waals surface area contributed by atoms with Crippen molar-refractivity contribution in [3.63, 3.8) is 0 Å². The third kappa shape index (κ3) is 3.94. The smallest absolute Gasteiger partial charge is 0.333 e. The Balaban J connectivity index is 1.59. The molecule has 0 spiro atoms. The van der Waals surface area contributed by atoms with Gasteiger partial charge in [0.15, 0.2) is 0 Å². The highest BCUT2D eigenvalue weighted by atomic mass is 16.5. The number of rotatable bonds is 7. The van der Waals surface area contributed by atoms with Gasteiger partial charge in [0, 0.05) is 17.8 Å². The minimum absolute atomic E-state index is 0.317. The van der Waals surface area contributed by atoms with Gasteiger partial charge in [-0.2, -0.15) is 0 Å². The van der Waals surface area contributed by atoms with Crippen molar-refractivity contribution in [2.24, 2.45) is 0 Å². The van der Waals surface area contributed by atoms with Gasteiger partial charge in [-0.15, -0.1) is 0 Å². The van der Waals surface area contributed by atoms with Crippen LogP contribution in [0.2, 0.25) is 0 Å². The monoisotopic (exact) mass is 398 g/mol. The summed E-state index contributed by atoms with van der Waals surface area (Å²) in [5, 5.41) is 0. The molecular formula is C26H26N2O2. The van der Waals surface area contributed by atoms with Gasteiger partial charge >= 0.3 is 5.97 Å². The number of hydrogen-bond acceptors (Lipinski definition) is 4. The van der Waals surface area contributed by atoms with Gasteiger partial charge in [-0.3, -0.25) is 0 Å². The first-order valence-electron chi connectivity index (χ1n) is 10.3. The lowest BCUT2D eigenvalue weighted by Gasteiger charge is -2.40. The van der Waals surface area contributed by atoms with Crippen LogP contribution in [0.4, 0.5) is 28.4 Å². The number of fused-ring (bicyclic) bond motifs is 2. The van der Waals surface area contributed by atoms with E-state index in [-0.39, 0.29) is 5.97 Å². The minimum Gasteiger partial charge on any atom is -0.462 e. The van der Waals surface area contributed by atoms with Crippen molar-refractivity contribution in [1.82, 2.24) is 0 Å². The van der Waals surface area contributed by atoms with Gasteiger partial charge in [-0.25, -0.2) is 4.79 Å². The topological polar surface area (TPSA) is 32.8 Å². The molecule has 0 saturated heterocycles. The maximum Gasteiger partial charge on any atom is 0.333 e. The van der Waals surface area contributed by atoms with Crippen molar-refractivity contribution in [3.05, 3.63) is 91.0 Å². The molecule has 4 nitrogen and oxygen atoms in total. The number of nitrogens with zero attached hydrogens (tertiary/aromatic N) is 2. The number of unbranched alkanes of at least 4 members (excludes halogenated alkanes) is 1. The summed E-state index contributed by atoms with van der Waals surface area (Å²) in [6, 6.07) is 27.4. The van der Waals surface area contributed by atoms with Crippen LogP contribution < -0.4 is 9.80 Å². The zero-order chi connectivity index (χ0) is 20.9. The summed E-state index contributed by atoms with van der Waals surface area (Å²) in [5.74, 6) is -0.317. The Morgan fingerprint density at radius 3 is 1.90 bits per heavy atom. The van der Waals surface area contributed by atoms with Crippen molar-refractivity contribution in [3.8, 4) is 0 Å². The Labute approximate surface area is 178 Å². The first-order valence-corrected chi connectivity index (χ1v) is 10.3. The van der Waals surface area contributed by atoms with Crippen LogP contribution >= 0.6 is 0 Å². The van der Waals surface area contributed by atoms with E-state index in [1.165, 1.54) is 11.4 Å². The molecule has 3 aromatic rings. The van der Waals surface area contributed by atoms with Gasteiger partial charge in [0.2, 0.25) is 0 Å². The maximum absolute atomic E-state index is 11.6. The number of benzene rings is 3. The predicted molar refractivity (Wildman–Crippen MR) is 123 cm³/mol. The van der Waals surface area contributed by atoms with Crippen LogP contribution in [-0.4, -0.2) is 19.1 Å². The summed E-state index contributed by atoms with van der Waals surface area (Å²) in [4.78, 5) is 16.2. The molecule has 0 aromatic heterocycles. The van der Waals surface area contributed by atoms with Crippen LogP contribution in [0, 0.1) is 0 Å². The van der Waals surface area contributed by atoms with E-state index in [9.17, 15) is 4.79 Å². The first-order chi connectivity index (χ1) is 14.7. The second-order valence-electron chi connectivity index (χ2n) is 7.42. The summed E-state index contributed by atoms with van der Waals surface area (Å²) < 4.78 is 5.24. The molecule has 1 aliphatic heterocycles. The third-order valence-corrected chi connectivity index (χ3v) is 5.20. The summed E-state index contributed by atoms with van der Waals surface area (Å²) >= 11 is 0. The molecule has 0 aliphatic carbocycles. The van der Waals surface area contributed by atoms with Gasteiger partial charge in [-0.05, 0) is 56.2 Å². The molecule has 152 valence electrons. The van der Waals surface area contributed by atoms with E-state index in [1.807, 2.05) is 6.07 Å². The Morgan fingerprint density at radius 2 is 1.33 bits per heavy atom. The lowest BCUT2D eigenvalue weighted by Crippen LogP contribution is -2.28. The number of hydrogen-bond donors (Lipinski definition) is 0. The maximum atomic E-state index is 11.6. The normalized spacial score (nSPS) is 12.2. The zero-order valence-electron chi connectivity index (χ0n) is 17.3. The minimum atomic E-state index is -0.317. The van der Waals surface area contributed by atoms with Crippen molar-refractivity contribution >= 4 is 34.4 Å². The van der Waals surface area contributed by atoms with Crippen molar-refractivity contribution < 1.29 is 9.53 Å². The number of anilines is 5. The summed E-state index contributed by atoms with van der Waals surface area (Å²) in [6.45, 7) is 6.56. The lowest BCUT2D eigenvalue weighted by molar-refractivity contribution is -0.139. The van der Waals surface area contributed by atoms with Crippen molar-refractivity contribution in [1.29, 1.82) is 0 Å². The number of para-hydroxylation sites is 5. The molecule has 4 rings (SSSR count). The van der Waals surface area contributed by atoms with E-state index >= 15 is 0 Å². The van der Waals surface area contributed by atoms with Crippen LogP contribution in [0.15, 0.2) is 91.0 Å². The number of carbonyl (C=O) groups is 1. The molecule has 0 saturated carbocycles. The van der Waals surface area contributed by atoms with Gasteiger partial charge in [0.1, 0.15) is 0 Å². The van der Waals surface area contributed by atoms with Gasteiger partial charge in [0.25, 0.3) is 0 Å². The summed E-state index contributed by atoms with van der Waals surface area (Å²) in [5.41, 5.74) is 6.27. The number of ether oxygens (including phenoxy) is 1. The first kappa shape index (κ1) is 19.8. The second kappa shape index (κ2) is 8.87. The molecule has 0 amide bonds. The van der Waals surface area contributed by atoms with Gasteiger partial charge in [0.05, 0.1) is 29.4 Å². The molecule has 1 heterocycles. The van der Waals surface area contributed by atoms with E-state index in [4.69, 9.17) is 4.74 Å². The molecule has 0 fully saturated rings. The second-order valence-corrected chi connectivity index (χ2v) is 7.42. The Bertz CT molecular complexity index is 998. The molecule has 1 aliphatic rings. The average molecular weight is 399 g/mol. The largest absolute Gasteiger partial charge is 0.462 e. The Hall–Kier alpha value is -3.53. The molecule has 3 aromatic carbocycles. The van der Waals surface area contributed by atoms with E-state index in [2.05, 4.69) is 89.2 Å². The van der Waals surface area contributed by atoms with Gasteiger partial charge < -0.3 is 14.5 Å². The fourth-order valence-electron chi connectivity index (χ4n) is 3.78. The molecule has 4 heteroatoms. The van der Waals surface area contributed by atoms with E-state index < -0.39 is 0 Å². The molecule has 0 bridgehead atoms. The summed E-state index contributed by atoms with van der Waals surface area (Å²) in [6.07, 6.45) is 1.72. The molecule has 30 heavy (non-hydrogen) atoms. The SMILES string of the molecule is C=C(C)C(=O)OCCCCN1c2ccccc2N(c2ccccc2)c2ccccc21. The van der Waals surface area contributed by atoms with Crippen LogP contribution in [0.25, 0.3) is 0 Å². The molecule has 0 atom stereocenters. The number of carbonyl (C=O) groups excluding carboxylic acids is 1. The van der Waals surface area contributed by atoms with E-state index in [0.717, 1.165) is 36.4 Å². The highest BCUT2D eigenvalue weighted by molar-refractivity contribution is 5.97. The quantitative estimate of drug-likeness (QED) is 0.258. The average Bonchev–Trinajstić information content (AvgIpc) is 2.78. The summed E-state index contributed by atoms with van der Waals surface area (Å²) in [7, 11) is 0. The highest BCUT2D eigenvalue weighted by Crippen LogP contribution is 2.50. The highest BCUT2D eigenvalue weighted by Gasteiger charge is 2.28. The van der Waals surface area contributed by atoms with Gasteiger partial charge in [-0.1, -0.05) is 49.0 Å². The molecular weight excluding hydrogens is 372 g/mol. The zero-order valence-corrected chi connectivity index (χ0v) is 17.3. The molecule has 0 radical (unpaired) electrons. The van der Waals surface area contributed by atoms with Crippen molar-refractivity contribution in [2.45, 2.75) is 19.8 Å². The molecule has 0 N–H and O–H groups in total. The van der Waals surface area contributed by atoms with E-state index in [1.54, 1.807) is 6.92 Å². The van der Waals surface area contributed by atoms with Crippen LogP contribution in [0.5, 0.6) is 0 Å². The van der Waals surface area contributed by atoms with E-state index in [0.29, 0.717) is 12.2 Å². The lowest BCUT2D eigenvalue weighted by atomic mass is 10.1. The fourth-order valence-corrected chi connectivity index (χ4v) is 3.78. The Morgan fingerprint density at radius 1 is 0.800 bits per heavy atom. The standard InChI is InChI=1S/C26H26N2O2/c1-20(2)26(29)30-19-11-10-18-27-22-14-6-8-16-24(22)28(21-12-4-3-5-13-21)25-17-9-7-15-23(25)27/h3-9,12-17H,1,10-11,18-19H2,2H3. The number of esters is 1. The fraction of sp³-hybridized carbons (Fsp3) is 0.192. The van der Waals surface area contributed by atoms with Crippen LogP contribution in [0.3, 0.4) is 0 Å². The molecule has 0 unspecified atom stereocenters. The Kier molecular flexibility index (Phi) is 5.84. The van der Waals surface area contributed by atoms with Crippen LogP contribution in [-0.2, 0) is 9.53 Å². The predicted octanol–water partition coefficient (Wildman–Crippen LogP) is 6.51. The van der Waals surface area contributed by atoms with Crippen molar-refractivity contribution in [2.75, 3.05) is 23.0 Å². The van der Waals surface area contributed by atoms with Crippen LogP contribution in [0.1, 0.15) is 19.8 Å².